The second-order valence-electron chi connectivity index (χ2n) is 4.90. The molecule has 112 valence electrons. The van der Waals surface area contributed by atoms with Crippen molar-refractivity contribution < 1.29 is 0 Å². The average Bonchev–Trinajstić information content (AvgIpc) is 3.00. The number of nitrogens with zero attached hydrogens (tertiary/aromatic N) is 2. The van der Waals surface area contributed by atoms with Crippen LogP contribution in [0.2, 0.25) is 0 Å². The first-order valence-corrected chi connectivity index (χ1v) is 8.77. The molecule has 0 N–H and O–H groups in total. The highest BCUT2D eigenvalue weighted by atomic mass is 32.2. The highest BCUT2D eigenvalue weighted by Gasteiger charge is 2.15. The maximum Gasteiger partial charge on any atom is 0.272 e. The van der Waals surface area contributed by atoms with Crippen LogP contribution in [0, 0.1) is 0 Å². The summed E-state index contributed by atoms with van der Waals surface area (Å²) in [6.07, 6.45) is 1.74. The van der Waals surface area contributed by atoms with Crippen LogP contribution in [0.4, 0.5) is 0 Å². The second-order valence-corrected chi connectivity index (χ2v) is 7.13. The summed E-state index contributed by atoms with van der Waals surface area (Å²) in [7, 11) is 0. The second kappa shape index (κ2) is 6.50. The van der Waals surface area contributed by atoms with Crippen molar-refractivity contribution in [3.8, 4) is 0 Å². The molecular weight excluding hydrogens is 312 g/mol. The van der Waals surface area contributed by atoms with Crippen LogP contribution in [-0.4, -0.2) is 9.55 Å². The van der Waals surface area contributed by atoms with E-state index in [0.717, 1.165) is 10.7 Å². The van der Waals surface area contributed by atoms with Gasteiger partial charge in [0.2, 0.25) is 0 Å². The van der Waals surface area contributed by atoms with Crippen molar-refractivity contribution in [2.45, 2.75) is 23.9 Å². The van der Waals surface area contributed by atoms with Gasteiger partial charge >= 0.3 is 0 Å². The van der Waals surface area contributed by atoms with E-state index >= 15 is 0 Å². The number of hydrogen-bond acceptors (Lipinski definition) is 4. The summed E-state index contributed by atoms with van der Waals surface area (Å²) in [4.78, 5) is 17.3. The van der Waals surface area contributed by atoms with Crippen molar-refractivity contribution in [3.05, 3.63) is 70.4 Å². The summed E-state index contributed by atoms with van der Waals surface area (Å²) >= 11 is 3.04. The number of thioether (sulfide) groups is 1. The molecule has 0 radical (unpaired) electrons. The zero-order chi connectivity index (χ0) is 15.5. The average molecular weight is 328 g/mol. The summed E-state index contributed by atoms with van der Waals surface area (Å²) in [6.45, 7) is 6.35. The first-order valence-electron chi connectivity index (χ1n) is 7.01. The maximum absolute atomic E-state index is 12.6. The third-order valence-electron chi connectivity index (χ3n) is 3.39. The van der Waals surface area contributed by atoms with E-state index in [9.17, 15) is 4.79 Å². The Morgan fingerprint density at radius 2 is 2.14 bits per heavy atom. The van der Waals surface area contributed by atoms with E-state index in [2.05, 4.69) is 30.6 Å². The van der Waals surface area contributed by atoms with E-state index in [0.29, 0.717) is 11.2 Å². The van der Waals surface area contributed by atoms with Crippen LogP contribution in [0.1, 0.15) is 17.7 Å². The first-order chi connectivity index (χ1) is 10.7. The monoisotopic (exact) mass is 328 g/mol. The van der Waals surface area contributed by atoms with E-state index in [-0.39, 0.29) is 10.8 Å². The van der Waals surface area contributed by atoms with Crippen molar-refractivity contribution in [1.29, 1.82) is 0 Å². The normalized spacial score (nSPS) is 12.4. The van der Waals surface area contributed by atoms with E-state index in [1.807, 2.05) is 29.6 Å². The number of hydrogen-bond donors (Lipinski definition) is 0. The molecule has 3 rings (SSSR count). The lowest BCUT2D eigenvalue weighted by Crippen LogP contribution is -2.22. The molecule has 2 aromatic heterocycles. The van der Waals surface area contributed by atoms with Gasteiger partial charge in [-0.2, -0.15) is 0 Å². The number of thiophene rings is 1. The summed E-state index contributed by atoms with van der Waals surface area (Å²) in [5.74, 6) is 0. The number of benzene rings is 1. The molecule has 0 aliphatic rings. The van der Waals surface area contributed by atoms with Crippen LogP contribution in [0.3, 0.4) is 0 Å². The molecule has 1 aromatic carbocycles. The number of aromatic nitrogens is 2. The SMILES string of the molecule is C=CCn1c(SC(C)c2ccccc2)nc2ccsc2c1=O. The molecule has 0 saturated heterocycles. The summed E-state index contributed by atoms with van der Waals surface area (Å²) in [6, 6.07) is 12.1. The Labute approximate surface area is 137 Å². The van der Waals surface area contributed by atoms with Gasteiger partial charge in [0, 0.05) is 11.8 Å². The molecule has 5 heteroatoms. The minimum absolute atomic E-state index is 0.0164. The molecule has 0 aliphatic heterocycles. The minimum atomic E-state index is 0.0164. The smallest absolute Gasteiger partial charge is 0.272 e. The molecule has 1 unspecified atom stereocenters. The molecule has 2 heterocycles. The zero-order valence-electron chi connectivity index (χ0n) is 12.2. The van der Waals surface area contributed by atoms with E-state index in [1.165, 1.54) is 16.9 Å². The van der Waals surface area contributed by atoms with Crippen molar-refractivity contribution >= 4 is 33.3 Å². The van der Waals surface area contributed by atoms with Crippen molar-refractivity contribution in [2.75, 3.05) is 0 Å². The molecule has 0 aliphatic carbocycles. The molecule has 3 aromatic rings. The van der Waals surface area contributed by atoms with Gasteiger partial charge in [-0.1, -0.05) is 48.2 Å². The van der Waals surface area contributed by atoms with E-state index in [4.69, 9.17) is 0 Å². The Balaban J connectivity index is 2.03. The summed E-state index contributed by atoms with van der Waals surface area (Å²) < 4.78 is 2.41. The van der Waals surface area contributed by atoms with Gasteiger partial charge < -0.3 is 0 Å². The summed E-state index contributed by atoms with van der Waals surface area (Å²) in [5.41, 5.74) is 2.01. The first kappa shape index (κ1) is 15.1. The van der Waals surface area contributed by atoms with Gasteiger partial charge in [-0.15, -0.1) is 17.9 Å². The zero-order valence-corrected chi connectivity index (χ0v) is 13.9. The molecular formula is C17H16N2OS2. The Morgan fingerprint density at radius 3 is 2.86 bits per heavy atom. The number of rotatable bonds is 5. The van der Waals surface area contributed by atoms with Gasteiger partial charge in [-0.05, 0) is 23.9 Å². The van der Waals surface area contributed by atoms with E-state index < -0.39 is 0 Å². The van der Waals surface area contributed by atoms with Crippen LogP contribution in [0.25, 0.3) is 10.2 Å². The van der Waals surface area contributed by atoms with Crippen molar-refractivity contribution in [3.63, 3.8) is 0 Å². The fourth-order valence-corrected chi connectivity index (χ4v) is 4.08. The standard InChI is InChI=1S/C17H16N2OS2/c1-3-10-19-16(20)15-14(9-11-21-15)18-17(19)22-12(2)13-7-5-4-6-8-13/h3-9,11-12H,1,10H2,2H3. The molecule has 0 saturated carbocycles. The van der Waals surface area contributed by atoms with Crippen LogP contribution in [0.5, 0.6) is 0 Å². The molecule has 0 bridgehead atoms. The predicted molar refractivity (Wildman–Crippen MR) is 94.8 cm³/mol. The Morgan fingerprint density at radius 1 is 1.36 bits per heavy atom. The number of allylic oxidation sites excluding steroid dienone is 1. The molecule has 22 heavy (non-hydrogen) atoms. The fraction of sp³-hybridized carbons (Fsp3) is 0.176. The lowest BCUT2D eigenvalue weighted by atomic mass is 10.2. The lowest BCUT2D eigenvalue weighted by molar-refractivity contribution is 0.671. The van der Waals surface area contributed by atoms with Gasteiger partial charge in [-0.25, -0.2) is 4.98 Å². The van der Waals surface area contributed by atoms with Crippen molar-refractivity contribution in [2.24, 2.45) is 0 Å². The maximum atomic E-state index is 12.6. The Bertz CT molecular complexity index is 852. The molecule has 1 atom stereocenters. The third kappa shape index (κ3) is 2.87. The van der Waals surface area contributed by atoms with Gasteiger partial charge in [0.05, 0.1) is 5.52 Å². The molecule has 3 nitrogen and oxygen atoms in total. The van der Waals surface area contributed by atoms with Crippen LogP contribution in [0.15, 0.2) is 64.4 Å². The minimum Gasteiger partial charge on any atom is -0.282 e. The van der Waals surface area contributed by atoms with Crippen LogP contribution < -0.4 is 5.56 Å². The Hall–Kier alpha value is -1.85. The highest BCUT2D eigenvalue weighted by molar-refractivity contribution is 7.99. The Kier molecular flexibility index (Phi) is 4.45. The largest absolute Gasteiger partial charge is 0.282 e. The highest BCUT2D eigenvalue weighted by Crippen LogP contribution is 2.34. The third-order valence-corrected chi connectivity index (χ3v) is 5.43. The number of fused-ring (bicyclic) bond motifs is 1. The lowest BCUT2D eigenvalue weighted by Gasteiger charge is -2.14. The molecule has 0 amide bonds. The predicted octanol–water partition coefficient (Wildman–Crippen LogP) is 4.50. The van der Waals surface area contributed by atoms with Gasteiger partial charge in [0.1, 0.15) is 4.70 Å². The van der Waals surface area contributed by atoms with Gasteiger partial charge in [0.15, 0.2) is 5.16 Å². The van der Waals surface area contributed by atoms with Crippen molar-refractivity contribution in [1.82, 2.24) is 9.55 Å². The molecule has 0 fully saturated rings. The topological polar surface area (TPSA) is 34.9 Å². The van der Waals surface area contributed by atoms with Gasteiger partial charge in [-0.3, -0.25) is 9.36 Å². The van der Waals surface area contributed by atoms with Gasteiger partial charge in [0.25, 0.3) is 5.56 Å². The fourth-order valence-electron chi connectivity index (χ4n) is 2.25. The quantitative estimate of drug-likeness (QED) is 0.393. The summed E-state index contributed by atoms with van der Waals surface area (Å²) in [5, 5.41) is 2.87. The van der Waals surface area contributed by atoms with Crippen LogP contribution in [-0.2, 0) is 6.54 Å². The molecule has 0 spiro atoms. The van der Waals surface area contributed by atoms with Crippen LogP contribution >= 0.6 is 23.1 Å². The van der Waals surface area contributed by atoms with E-state index in [1.54, 1.807) is 22.4 Å².